The minimum atomic E-state index is -3.74. The van der Waals surface area contributed by atoms with E-state index in [-0.39, 0.29) is 10.8 Å². The van der Waals surface area contributed by atoms with E-state index in [1.165, 1.54) is 10.7 Å². The smallest absolute Gasteiger partial charge is 0.243 e. The van der Waals surface area contributed by atoms with E-state index in [0.29, 0.717) is 25.1 Å². The Kier molecular flexibility index (Phi) is 6.22. The lowest BCUT2D eigenvalue weighted by Crippen LogP contribution is -2.43. The van der Waals surface area contributed by atoms with Crippen LogP contribution in [0.3, 0.4) is 0 Å². The van der Waals surface area contributed by atoms with Gasteiger partial charge >= 0.3 is 0 Å². The summed E-state index contributed by atoms with van der Waals surface area (Å²) in [4.78, 5) is 13.3. The molecule has 0 saturated carbocycles. The average Bonchev–Trinajstić information content (AvgIpc) is 3.42. The summed E-state index contributed by atoms with van der Waals surface area (Å²) in [5.41, 5.74) is 2.56. The van der Waals surface area contributed by atoms with Gasteiger partial charge in [-0.3, -0.25) is 4.79 Å². The molecule has 5 rings (SSSR count). The summed E-state index contributed by atoms with van der Waals surface area (Å²) in [6.45, 7) is 3.17. The zero-order chi connectivity index (χ0) is 23.7. The molecule has 1 N–H and O–H groups in total. The largest absolute Gasteiger partial charge is 0.325 e. The Bertz CT molecular complexity index is 1280. The Morgan fingerprint density at radius 2 is 1.71 bits per heavy atom. The molecule has 2 aliphatic heterocycles. The van der Waals surface area contributed by atoms with E-state index in [4.69, 9.17) is 0 Å². The van der Waals surface area contributed by atoms with Gasteiger partial charge in [-0.05, 0) is 69.0 Å². The van der Waals surface area contributed by atoms with Crippen LogP contribution in [0.25, 0.3) is 11.4 Å². The summed E-state index contributed by atoms with van der Waals surface area (Å²) in [5.74, 6) is 1.57. The second-order valence-electron chi connectivity index (χ2n) is 9.06. The van der Waals surface area contributed by atoms with Crippen LogP contribution >= 0.6 is 0 Å². The highest BCUT2D eigenvalue weighted by molar-refractivity contribution is 7.89. The number of hydrogen-bond acceptors (Lipinski definition) is 5. The Morgan fingerprint density at radius 1 is 0.941 bits per heavy atom. The van der Waals surface area contributed by atoms with Crippen LogP contribution in [0.1, 0.15) is 43.5 Å². The van der Waals surface area contributed by atoms with Crippen molar-refractivity contribution in [3.63, 3.8) is 0 Å². The number of nitrogens with zero attached hydrogens (tertiary/aromatic N) is 4. The minimum absolute atomic E-state index is 0.217. The highest BCUT2D eigenvalue weighted by Crippen LogP contribution is 2.28. The Morgan fingerprint density at radius 3 is 2.47 bits per heavy atom. The molecule has 3 aromatic rings. The van der Waals surface area contributed by atoms with Crippen LogP contribution in [0.15, 0.2) is 53.4 Å². The molecule has 1 aromatic heterocycles. The second kappa shape index (κ2) is 9.31. The van der Waals surface area contributed by atoms with Crippen LogP contribution < -0.4 is 5.32 Å². The van der Waals surface area contributed by atoms with Crippen molar-refractivity contribution in [1.82, 2.24) is 19.1 Å². The van der Waals surface area contributed by atoms with Crippen LogP contribution in [-0.4, -0.2) is 46.0 Å². The average molecular weight is 480 g/mol. The van der Waals surface area contributed by atoms with E-state index in [0.717, 1.165) is 48.6 Å². The molecule has 2 aliphatic rings. The molecular weight excluding hydrogens is 450 g/mol. The van der Waals surface area contributed by atoms with Gasteiger partial charge < -0.3 is 9.88 Å². The molecule has 0 spiro atoms. The topological polar surface area (TPSA) is 97.2 Å². The lowest BCUT2D eigenvalue weighted by Gasteiger charge is -2.23. The number of sulfonamides is 1. The highest BCUT2D eigenvalue weighted by atomic mass is 32.2. The van der Waals surface area contributed by atoms with Crippen molar-refractivity contribution in [3.8, 4) is 11.4 Å². The molecule has 0 unspecified atom stereocenters. The predicted octanol–water partition coefficient (Wildman–Crippen LogP) is 3.77. The van der Waals surface area contributed by atoms with E-state index in [1.807, 2.05) is 31.2 Å². The fraction of sp³-hybridized carbons (Fsp3) is 0.400. The molecule has 178 valence electrons. The molecule has 1 amide bonds. The SMILES string of the molecule is Cc1ccc(S(=O)(=O)N2CCC[C@@H]2C(=O)Nc2ccc(-c3nnc4n3CCCCC4)cc2)cc1. The maximum Gasteiger partial charge on any atom is 0.243 e. The van der Waals surface area contributed by atoms with Crippen LogP contribution in [0.5, 0.6) is 0 Å². The van der Waals surface area contributed by atoms with Gasteiger partial charge in [0.05, 0.1) is 4.90 Å². The summed E-state index contributed by atoms with van der Waals surface area (Å²) in [7, 11) is -3.74. The lowest BCUT2D eigenvalue weighted by atomic mass is 10.1. The number of amides is 1. The number of aryl methyl sites for hydroxylation is 2. The summed E-state index contributed by atoms with van der Waals surface area (Å²) < 4.78 is 29.8. The molecule has 0 bridgehead atoms. The Hall–Kier alpha value is -3.04. The summed E-state index contributed by atoms with van der Waals surface area (Å²) >= 11 is 0. The second-order valence-corrected chi connectivity index (χ2v) is 10.9. The normalized spacial score (nSPS) is 18.9. The molecule has 2 aromatic carbocycles. The maximum absolute atomic E-state index is 13.2. The van der Waals surface area contributed by atoms with Gasteiger partial charge in [0.25, 0.3) is 0 Å². The predicted molar refractivity (Wildman–Crippen MR) is 130 cm³/mol. The third-order valence-electron chi connectivity index (χ3n) is 6.65. The van der Waals surface area contributed by atoms with Crippen molar-refractivity contribution in [1.29, 1.82) is 0 Å². The number of hydrogen-bond donors (Lipinski definition) is 1. The van der Waals surface area contributed by atoms with Gasteiger partial charge in [-0.15, -0.1) is 10.2 Å². The van der Waals surface area contributed by atoms with Crippen molar-refractivity contribution in [2.45, 2.75) is 62.9 Å². The third-order valence-corrected chi connectivity index (χ3v) is 8.58. The van der Waals surface area contributed by atoms with Gasteiger partial charge in [0.15, 0.2) is 5.82 Å². The van der Waals surface area contributed by atoms with Gasteiger partial charge in [0.1, 0.15) is 11.9 Å². The lowest BCUT2D eigenvalue weighted by molar-refractivity contribution is -0.119. The number of rotatable bonds is 5. The number of anilines is 1. The molecule has 1 atom stereocenters. The first-order valence-corrected chi connectivity index (χ1v) is 13.3. The molecule has 1 saturated heterocycles. The number of aromatic nitrogens is 3. The molecule has 8 nitrogen and oxygen atoms in total. The van der Waals surface area contributed by atoms with E-state index >= 15 is 0 Å². The quantitative estimate of drug-likeness (QED) is 0.601. The van der Waals surface area contributed by atoms with Crippen LogP contribution in [0.2, 0.25) is 0 Å². The molecule has 0 aliphatic carbocycles. The van der Waals surface area contributed by atoms with Gasteiger partial charge in [-0.2, -0.15) is 4.31 Å². The number of benzene rings is 2. The van der Waals surface area contributed by atoms with Gasteiger partial charge in [-0.1, -0.05) is 24.1 Å². The Labute approximate surface area is 200 Å². The zero-order valence-corrected chi connectivity index (χ0v) is 20.1. The first-order valence-electron chi connectivity index (χ1n) is 11.9. The molecule has 0 radical (unpaired) electrons. The van der Waals surface area contributed by atoms with Gasteiger partial charge in [0.2, 0.25) is 15.9 Å². The van der Waals surface area contributed by atoms with Gasteiger partial charge in [-0.25, -0.2) is 8.42 Å². The summed E-state index contributed by atoms with van der Waals surface area (Å²) in [6.07, 6.45) is 5.56. The van der Waals surface area contributed by atoms with E-state index < -0.39 is 16.1 Å². The van der Waals surface area contributed by atoms with Crippen LogP contribution in [0.4, 0.5) is 5.69 Å². The van der Waals surface area contributed by atoms with Crippen molar-refractivity contribution in [3.05, 3.63) is 59.9 Å². The number of nitrogens with one attached hydrogen (secondary N) is 1. The maximum atomic E-state index is 13.2. The molecule has 1 fully saturated rings. The molecule has 3 heterocycles. The van der Waals surface area contributed by atoms with E-state index in [1.54, 1.807) is 24.3 Å². The standard InChI is InChI=1S/C25H29N5O3S/c1-18-8-14-21(15-9-18)34(32,33)30-17-5-6-22(30)25(31)26-20-12-10-19(11-13-20)24-28-27-23-7-3-2-4-16-29(23)24/h8-15,22H,2-7,16-17H2,1H3,(H,26,31)/t22-/m1/s1. The van der Waals surface area contributed by atoms with Crippen molar-refractivity contribution in [2.75, 3.05) is 11.9 Å². The fourth-order valence-corrected chi connectivity index (χ4v) is 6.42. The number of fused-ring (bicyclic) bond motifs is 1. The summed E-state index contributed by atoms with van der Waals surface area (Å²) in [6, 6.07) is 13.5. The van der Waals surface area contributed by atoms with E-state index in [9.17, 15) is 13.2 Å². The fourth-order valence-electron chi connectivity index (χ4n) is 4.76. The first-order chi connectivity index (χ1) is 16.4. The minimum Gasteiger partial charge on any atom is -0.325 e. The third kappa shape index (κ3) is 4.37. The van der Waals surface area contributed by atoms with E-state index in [2.05, 4.69) is 20.1 Å². The monoisotopic (exact) mass is 479 g/mol. The van der Waals surface area contributed by atoms with Crippen molar-refractivity contribution in [2.24, 2.45) is 0 Å². The van der Waals surface area contributed by atoms with Crippen LogP contribution in [-0.2, 0) is 27.8 Å². The molecule has 34 heavy (non-hydrogen) atoms. The summed E-state index contributed by atoms with van der Waals surface area (Å²) in [5, 5.41) is 11.6. The molecule has 9 heteroatoms. The van der Waals surface area contributed by atoms with Crippen LogP contribution in [0, 0.1) is 6.92 Å². The zero-order valence-electron chi connectivity index (χ0n) is 19.3. The number of carbonyl (C=O) groups excluding carboxylic acids is 1. The first kappa shape index (κ1) is 22.7. The highest BCUT2D eigenvalue weighted by Gasteiger charge is 2.39. The van der Waals surface area contributed by atoms with Crippen molar-refractivity contribution < 1.29 is 13.2 Å². The molecular formula is C25H29N5O3S. The Balaban J connectivity index is 1.30. The van der Waals surface area contributed by atoms with Gasteiger partial charge in [0, 0.05) is 30.8 Å². The number of carbonyl (C=O) groups is 1. The van der Waals surface area contributed by atoms with Crippen molar-refractivity contribution >= 4 is 21.6 Å².